The van der Waals surface area contributed by atoms with Crippen molar-refractivity contribution in [3.8, 4) is 0 Å². The van der Waals surface area contributed by atoms with Crippen molar-refractivity contribution in [2.45, 2.75) is 11.9 Å². The second-order valence-corrected chi connectivity index (χ2v) is 6.43. The van der Waals surface area contributed by atoms with Gasteiger partial charge in [-0.3, -0.25) is 4.79 Å². The van der Waals surface area contributed by atoms with E-state index in [4.69, 9.17) is 23.2 Å². The SMILES string of the molecule is O=C1N=C(c2ccc(Cl)cc2)N=NC(c2ccc(Cl)cc2)=N[C@@]1(O)C(F)(F)F. The van der Waals surface area contributed by atoms with Crippen molar-refractivity contribution in [1.82, 2.24) is 0 Å². The Bertz CT molecular complexity index is 1000. The van der Waals surface area contributed by atoms with Gasteiger partial charge in [0.1, 0.15) is 0 Å². The van der Waals surface area contributed by atoms with Gasteiger partial charge in [-0.1, -0.05) is 23.2 Å². The van der Waals surface area contributed by atoms with Crippen LogP contribution in [0.4, 0.5) is 13.2 Å². The minimum Gasteiger partial charge on any atom is -0.355 e. The maximum absolute atomic E-state index is 13.5. The number of halogens is 5. The van der Waals surface area contributed by atoms with Crippen LogP contribution in [-0.2, 0) is 4.79 Å². The van der Waals surface area contributed by atoms with Crippen LogP contribution in [0.25, 0.3) is 0 Å². The highest BCUT2D eigenvalue weighted by atomic mass is 35.5. The van der Waals surface area contributed by atoms with Crippen molar-refractivity contribution >= 4 is 40.8 Å². The van der Waals surface area contributed by atoms with E-state index in [2.05, 4.69) is 20.2 Å². The number of benzene rings is 2. The molecule has 3 rings (SSSR count). The first-order valence-corrected chi connectivity index (χ1v) is 8.31. The van der Waals surface area contributed by atoms with Gasteiger partial charge in [-0.2, -0.15) is 18.2 Å². The van der Waals surface area contributed by atoms with Gasteiger partial charge in [-0.15, -0.1) is 10.2 Å². The average Bonchev–Trinajstić information content (AvgIpc) is 2.63. The molecule has 0 unspecified atom stereocenters. The molecule has 0 aliphatic carbocycles. The number of aliphatic hydroxyl groups is 1. The van der Waals surface area contributed by atoms with Crippen LogP contribution in [0, 0.1) is 0 Å². The highest BCUT2D eigenvalue weighted by Gasteiger charge is 2.61. The van der Waals surface area contributed by atoms with Gasteiger partial charge in [-0.25, -0.2) is 4.99 Å². The molecule has 0 spiro atoms. The van der Waals surface area contributed by atoms with Crippen molar-refractivity contribution in [2.75, 3.05) is 0 Å². The zero-order chi connectivity index (χ0) is 20.5. The van der Waals surface area contributed by atoms with E-state index in [1.54, 1.807) is 0 Å². The van der Waals surface area contributed by atoms with Gasteiger partial charge in [0.2, 0.25) is 0 Å². The largest absolute Gasteiger partial charge is 0.448 e. The molecule has 144 valence electrons. The summed E-state index contributed by atoms with van der Waals surface area (Å²) in [5.74, 6) is -3.01. The van der Waals surface area contributed by atoms with E-state index >= 15 is 0 Å². The monoisotopic (exact) mass is 428 g/mol. The smallest absolute Gasteiger partial charge is 0.355 e. The zero-order valence-corrected chi connectivity index (χ0v) is 15.2. The van der Waals surface area contributed by atoms with Crippen LogP contribution >= 0.6 is 23.2 Å². The molecule has 1 N–H and O–H groups in total. The Balaban J connectivity index is 2.19. The number of hydrogen-bond donors (Lipinski definition) is 1. The topological polar surface area (TPSA) is 86.7 Å². The third-order valence-electron chi connectivity index (χ3n) is 3.61. The molecule has 2 aromatic carbocycles. The van der Waals surface area contributed by atoms with Crippen LogP contribution < -0.4 is 0 Å². The van der Waals surface area contributed by atoms with E-state index in [0.717, 1.165) is 0 Å². The molecular formula is C17H9Cl2F3N4O2. The Morgan fingerprint density at radius 1 is 0.821 bits per heavy atom. The summed E-state index contributed by atoms with van der Waals surface area (Å²) >= 11 is 11.5. The zero-order valence-electron chi connectivity index (χ0n) is 13.7. The maximum Gasteiger partial charge on any atom is 0.448 e. The minimum atomic E-state index is -5.44. The van der Waals surface area contributed by atoms with E-state index in [-0.39, 0.29) is 11.1 Å². The lowest BCUT2D eigenvalue weighted by Crippen LogP contribution is -2.51. The number of carbonyl (C=O) groups excluding carboxylic acids is 1. The van der Waals surface area contributed by atoms with Gasteiger partial charge < -0.3 is 5.11 Å². The summed E-state index contributed by atoms with van der Waals surface area (Å²) in [6.45, 7) is 0. The van der Waals surface area contributed by atoms with Crippen molar-refractivity contribution in [3.63, 3.8) is 0 Å². The maximum atomic E-state index is 13.5. The highest BCUT2D eigenvalue weighted by Crippen LogP contribution is 2.34. The molecule has 1 atom stereocenters. The third kappa shape index (κ3) is 3.96. The molecule has 1 aliphatic heterocycles. The lowest BCUT2D eigenvalue weighted by atomic mass is 10.1. The number of amidine groups is 2. The molecule has 0 saturated heterocycles. The van der Waals surface area contributed by atoms with E-state index in [9.17, 15) is 23.1 Å². The minimum absolute atomic E-state index is 0.0565. The molecule has 28 heavy (non-hydrogen) atoms. The number of azo groups is 1. The number of carbonyl (C=O) groups is 1. The number of nitrogens with zero attached hydrogens (tertiary/aromatic N) is 4. The summed E-state index contributed by atoms with van der Waals surface area (Å²) < 4.78 is 40.4. The summed E-state index contributed by atoms with van der Waals surface area (Å²) in [5.41, 5.74) is -3.90. The Kier molecular flexibility index (Phi) is 5.33. The number of alkyl halides is 3. The summed E-state index contributed by atoms with van der Waals surface area (Å²) in [6.07, 6.45) is -5.44. The van der Waals surface area contributed by atoms with E-state index in [0.29, 0.717) is 10.0 Å². The predicted molar refractivity (Wildman–Crippen MR) is 96.8 cm³/mol. The molecule has 6 nitrogen and oxygen atoms in total. The first-order valence-electron chi connectivity index (χ1n) is 7.56. The van der Waals surface area contributed by atoms with Crippen LogP contribution in [0.15, 0.2) is 68.7 Å². The van der Waals surface area contributed by atoms with E-state index in [1.165, 1.54) is 48.5 Å². The summed E-state index contributed by atoms with van der Waals surface area (Å²) in [6, 6.07) is 11.1. The van der Waals surface area contributed by atoms with Crippen LogP contribution in [0.2, 0.25) is 10.0 Å². The molecule has 0 radical (unpaired) electrons. The van der Waals surface area contributed by atoms with Gasteiger partial charge in [0, 0.05) is 21.2 Å². The molecule has 0 saturated carbocycles. The second-order valence-electron chi connectivity index (χ2n) is 5.56. The number of hydrogen-bond acceptors (Lipinski definition) is 5. The fourth-order valence-corrected chi connectivity index (χ4v) is 2.39. The molecule has 2 aromatic rings. The number of rotatable bonds is 2. The predicted octanol–water partition coefficient (Wildman–Crippen LogP) is 4.43. The van der Waals surface area contributed by atoms with Crippen molar-refractivity contribution in [1.29, 1.82) is 0 Å². The van der Waals surface area contributed by atoms with Crippen LogP contribution in [0.3, 0.4) is 0 Å². The highest BCUT2D eigenvalue weighted by molar-refractivity contribution is 6.31. The van der Waals surface area contributed by atoms with Gasteiger partial charge in [0.05, 0.1) is 0 Å². The molecule has 0 fully saturated rings. The number of aliphatic imine (C=N–C) groups is 2. The molecule has 1 amide bonds. The molecule has 0 bridgehead atoms. The third-order valence-corrected chi connectivity index (χ3v) is 4.12. The van der Waals surface area contributed by atoms with Gasteiger partial charge >= 0.3 is 17.8 Å². The Morgan fingerprint density at radius 3 is 1.71 bits per heavy atom. The average molecular weight is 429 g/mol. The molecule has 0 aromatic heterocycles. The fourth-order valence-electron chi connectivity index (χ4n) is 2.14. The molecule has 11 heteroatoms. The first-order chi connectivity index (χ1) is 13.1. The Morgan fingerprint density at radius 2 is 1.25 bits per heavy atom. The molecule has 1 heterocycles. The van der Waals surface area contributed by atoms with Gasteiger partial charge in [0.25, 0.3) is 0 Å². The van der Waals surface area contributed by atoms with Crippen molar-refractivity contribution in [3.05, 3.63) is 69.7 Å². The van der Waals surface area contributed by atoms with Crippen molar-refractivity contribution in [2.24, 2.45) is 20.2 Å². The quantitative estimate of drug-likeness (QED) is 0.766. The lowest BCUT2D eigenvalue weighted by Gasteiger charge is -2.24. The Labute approximate surface area is 166 Å². The first kappa shape index (κ1) is 20.1. The van der Waals surface area contributed by atoms with Crippen LogP contribution in [0.1, 0.15) is 11.1 Å². The summed E-state index contributed by atoms with van der Waals surface area (Å²) in [7, 11) is 0. The van der Waals surface area contributed by atoms with Gasteiger partial charge in [0.15, 0.2) is 11.7 Å². The normalized spacial score (nSPS) is 20.3. The molecular weight excluding hydrogens is 420 g/mol. The van der Waals surface area contributed by atoms with Crippen LogP contribution in [0.5, 0.6) is 0 Å². The summed E-state index contributed by atoms with van der Waals surface area (Å²) in [4.78, 5) is 18.6. The standard InChI is InChI=1S/C17H9Cl2F3N4O2/c18-11-5-1-9(2-6-11)13-23-15(27)16(28,17(20,21)22)24-14(26-25-13)10-3-7-12(19)8-4-10/h1-8,28H/t16-/m0/s1. The second kappa shape index (κ2) is 7.42. The molecule has 1 aliphatic rings. The van der Waals surface area contributed by atoms with Crippen LogP contribution in [-0.4, -0.2) is 34.6 Å². The fraction of sp³-hybridized carbons (Fsp3) is 0.118. The van der Waals surface area contributed by atoms with Gasteiger partial charge in [-0.05, 0) is 48.5 Å². The van der Waals surface area contributed by atoms with E-state index in [1.807, 2.05) is 0 Å². The summed E-state index contributed by atoms with van der Waals surface area (Å²) in [5, 5.41) is 18.1. The Hall–Kier alpha value is -2.62. The van der Waals surface area contributed by atoms with E-state index < -0.39 is 29.5 Å². The van der Waals surface area contributed by atoms with Crippen molar-refractivity contribution < 1.29 is 23.1 Å². The number of amides is 1. The lowest BCUT2D eigenvalue weighted by molar-refractivity contribution is -0.246.